The number of anilines is 1. The lowest BCUT2D eigenvalue weighted by Crippen LogP contribution is -2.42. The van der Waals surface area contributed by atoms with Crippen LogP contribution in [0.2, 0.25) is 0 Å². The van der Waals surface area contributed by atoms with Gasteiger partial charge in [-0.2, -0.15) is 10.1 Å². The highest BCUT2D eigenvalue weighted by atomic mass is 32.2. The first kappa shape index (κ1) is 17.7. The van der Waals surface area contributed by atoms with Crippen LogP contribution < -0.4 is 10.2 Å². The van der Waals surface area contributed by atoms with Crippen LogP contribution >= 0.6 is 11.9 Å². The van der Waals surface area contributed by atoms with E-state index < -0.39 is 0 Å². The number of rotatable bonds is 5. The van der Waals surface area contributed by atoms with Crippen LogP contribution in [0.1, 0.15) is 11.6 Å². The molecule has 0 unspecified atom stereocenters. The third-order valence-electron chi connectivity index (χ3n) is 4.35. The number of aryl methyl sites for hydroxylation is 2. The Balaban J connectivity index is 1.34. The van der Waals surface area contributed by atoms with Gasteiger partial charge >= 0.3 is 0 Å². The Hall–Kier alpha value is -3.37. The fraction of sp³-hybridized carbons (Fsp3) is 0.158. The van der Waals surface area contributed by atoms with Crippen molar-refractivity contribution in [3.05, 3.63) is 66.3 Å². The Morgan fingerprint density at radius 1 is 1.21 bits per heavy atom. The van der Waals surface area contributed by atoms with Gasteiger partial charge < -0.3 is 4.42 Å². The Kier molecular flexibility index (Phi) is 4.41. The van der Waals surface area contributed by atoms with Gasteiger partial charge in [0.2, 0.25) is 11.8 Å². The predicted molar refractivity (Wildman–Crippen MR) is 111 cm³/mol. The summed E-state index contributed by atoms with van der Waals surface area (Å²) < 4.78 is 7.62. The molecule has 1 aromatic carbocycles. The van der Waals surface area contributed by atoms with Gasteiger partial charge in [-0.1, -0.05) is 0 Å². The summed E-state index contributed by atoms with van der Waals surface area (Å²) in [4.78, 5) is 7.60. The van der Waals surface area contributed by atoms with E-state index in [-0.39, 0.29) is 0 Å². The minimum absolute atomic E-state index is 0.528. The molecule has 10 heteroatoms. The van der Waals surface area contributed by atoms with E-state index in [0.717, 1.165) is 33.6 Å². The summed E-state index contributed by atoms with van der Waals surface area (Å²) in [6.45, 7) is 4.44. The van der Waals surface area contributed by atoms with E-state index in [9.17, 15) is 0 Å². The van der Waals surface area contributed by atoms with Crippen LogP contribution in [0.15, 0.2) is 69.1 Å². The van der Waals surface area contributed by atoms with Gasteiger partial charge in [0, 0.05) is 29.1 Å². The Morgan fingerprint density at radius 3 is 2.79 bits per heavy atom. The summed E-state index contributed by atoms with van der Waals surface area (Å²) in [5.74, 6) is 3.69. The van der Waals surface area contributed by atoms with E-state index >= 15 is 0 Å². The van der Waals surface area contributed by atoms with E-state index in [0.29, 0.717) is 18.3 Å². The number of fused-ring (bicyclic) bond motifs is 1. The number of nitrogens with zero attached hydrogens (tertiary/aromatic N) is 6. The van der Waals surface area contributed by atoms with Crippen molar-refractivity contribution in [2.24, 2.45) is 4.99 Å². The predicted octanol–water partition coefficient (Wildman–Crippen LogP) is 3.33. The van der Waals surface area contributed by atoms with Crippen molar-refractivity contribution in [2.75, 3.05) is 11.9 Å². The van der Waals surface area contributed by atoms with Crippen LogP contribution in [0.4, 0.5) is 5.82 Å². The zero-order valence-corrected chi connectivity index (χ0v) is 16.6. The zero-order valence-electron chi connectivity index (χ0n) is 15.8. The summed E-state index contributed by atoms with van der Waals surface area (Å²) in [5.41, 5.74) is 1.90. The van der Waals surface area contributed by atoms with E-state index in [1.807, 2.05) is 48.4 Å². The molecule has 2 aromatic heterocycles. The van der Waals surface area contributed by atoms with Crippen molar-refractivity contribution in [3.63, 3.8) is 0 Å². The van der Waals surface area contributed by atoms with Crippen molar-refractivity contribution in [2.45, 2.75) is 18.7 Å². The maximum Gasteiger partial charge on any atom is 0.285 e. The Labute approximate surface area is 171 Å². The van der Waals surface area contributed by atoms with Crippen LogP contribution in [-0.2, 0) is 0 Å². The zero-order chi connectivity index (χ0) is 19.8. The molecule has 0 bridgehead atoms. The molecule has 2 aliphatic heterocycles. The van der Waals surface area contributed by atoms with Crippen molar-refractivity contribution in [3.8, 4) is 11.5 Å². The first-order chi connectivity index (χ1) is 14.1. The topological polar surface area (TPSA) is 101 Å². The number of hydrogen-bond acceptors (Lipinski definition) is 9. The van der Waals surface area contributed by atoms with Crippen LogP contribution in [0.25, 0.3) is 11.5 Å². The highest BCUT2D eigenvalue weighted by molar-refractivity contribution is 7.97. The second-order valence-corrected chi connectivity index (χ2v) is 7.73. The molecule has 3 aromatic rings. The molecule has 0 amide bonds. The van der Waals surface area contributed by atoms with Crippen molar-refractivity contribution in [1.29, 1.82) is 0 Å². The number of aromatic amines is 1. The minimum Gasteiger partial charge on any atom is -0.421 e. The molecule has 1 radical (unpaired) electrons. The third-order valence-corrected chi connectivity index (χ3v) is 5.30. The largest absolute Gasteiger partial charge is 0.421 e. The first-order valence-electron chi connectivity index (χ1n) is 9.03. The maximum absolute atomic E-state index is 5.49. The van der Waals surface area contributed by atoms with E-state index in [4.69, 9.17) is 4.42 Å². The molecule has 4 heterocycles. The molecule has 2 aliphatic rings. The smallest absolute Gasteiger partial charge is 0.285 e. The standard InChI is InChI=1S/C19H18N8OS/c1-12-9-16(24-22-12)21-18-11-26(10-17-20-7-8-27(17)18)29-15-5-3-14(4-6-15)19-25-23-13(2)28-19/h3-9,11H,10H2,1-2H3,(H2,21,22,24)/q+1. The average molecular weight is 406 g/mol. The number of amidine groups is 1. The maximum atomic E-state index is 5.49. The van der Waals surface area contributed by atoms with Crippen LogP contribution in [0, 0.1) is 13.8 Å². The van der Waals surface area contributed by atoms with Gasteiger partial charge in [0.05, 0.1) is 12.4 Å². The number of benzene rings is 1. The molecule has 9 nitrogen and oxygen atoms in total. The van der Waals surface area contributed by atoms with E-state index in [2.05, 4.69) is 41.2 Å². The SMILES string of the molecule is Cc1cc(NC2=CN(Sc3ccc(-c4nnc(C)o4)cc3)CC3=NC=C[N+]23)n[nH]1. The first-order valence-corrected chi connectivity index (χ1v) is 9.80. The third kappa shape index (κ3) is 3.67. The van der Waals surface area contributed by atoms with Gasteiger partial charge in [0.15, 0.2) is 12.0 Å². The fourth-order valence-electron chi connectivity index (χ4n) is 3.03. The van der Waals surface area contributed by atoms with E-state index in [1.165, 1.54) is 0 Å². The van der Waals surface area contributed by atoms with Gasteiger partial charge in [0.1, 0.15) is 6.54 Å². The van der Waals surface area contributed by atoms with Crippen LogP contribution in [-0.4, -0.2) is 37.1 Å². The average Bonchev–Trinajstić information content (AvgIpc) is 3.44. The van der Waals surface area contributed by atoms with Gasteiger partial charge in [-0.15, -0.1) is 10.2 Å². The van der Waals surface area contributed by atoms with Crippen molar-refractivity contribution < 1.29 is 4.42 Å². The summed E-state index contributed by atoms with van der Waals surface area (Å²) in [7, 11) is 0. The van der Waals surface area contributed by atoms with Gasteiger partial charge in [0.25, 0.3) is 11.7 Å². The molecule has 29 heavy (non-hydrogen) atoms. The second-order valence-electron chi connectivity index (χ2n) is 6.61. The Morgan fingerprint density at radius 2 is 2.07 bits per heavy atom. The molecule has 5 rings (SSSR count). The van der Waals surface area contributed by atoms with Gasteiger partial charge in [-0.3, -0.25) is 14.7 Å². The number of hydrogen-bond donors (Lipinski definition) is 2. The Bertz CT molecular complexity index is 1130. The summed E-state index contributed by atoms with van der Waals surface area (Å²) in [6.07, 6.45) is 5.80. The summed E-state index contributed by atoms with van der Waals surface area (Å²) in [6, 6.07) is 10.0. The lowest BCUT2D eigenvalue weighted by molar-refractivity contribution is 0.532. The fourth-order valence-corrected chi connectivity index (χ4v) is 3.89. The molecule has 0 aliphatic carbocycles. The van der Waals surface area contributed by atoms with Gasteiger partial charge in [-0.05, 0) is 48.0 Å². The van der Waals surface area contributed by atoms with Crippen LogP contribution in [0.3, 0.4) is 0 Å². The summed E-state index contributed by atoms with van der Waals surface area (Å²) in [5, 5.41) is 18.5. The number of aromatic nitrogens is 4. The normalized spacial score (nSPS) is 16.0. The van der Waals surface area contributed by atoms with Crippen molar-refractivity contribution >= 4 is 23.6 Å². The molecule has 0 atom stereocenters. The molecular weight excluding hydrogens is 388 g/mol. The second kappa shape index (κ2) is 7.22. The number of aliphatic imine (C=N–C) groups is 1. The number of nitrogens with one attached hydrogen (secondary N) is 2. The molecule has 0 saturated heterocycles. The molecule has 0 fully saturated rings. The molecule has 2 N–H and O–H groups in total. The molecule has 0 saturated carbocycles. The highest BCUT2D eigenvalue weighted by Gasteiger charge is 2.37. The molecule has 0 spiro atoms. The van der Waals surface area contributed by atoms with Crippen molar-refractivity contribution in [1.82, 2.24) is 29.6 Å². The summed E-state index contributed by atoms with van der Waals surface area (Å²) >= 11 is 1.63. The minimum atomic E-state index is 0.528. The molecule has 145 valence electrons. The lowest BCUT2D eigenvalue weighted by Gasteiger charge is -2.24. The quantitative estimate of drug-likeness (QED) is 0.495. The molecular formula is C19H18N8OS+. The van der Waals surface area contributed by atoms with Crippen LogP contribution in [0.5, 0.6) is 0 Å². The van der Waals surface area contributed by atoms with Gasteiger partial charge in [-0.25, -0.2) is 0 Å². The highest BCUT2D eigenvalue weighted by Crippen LogP contribution is 2.30. The van der Waals surface area contributed by atoms with E-state index in [1.54, 1.807) is 25.1 Å². The monoisotopic (exact) mass is 406 g/mol. The number of H-pyrrole nitrogens is 1. The lowest BCUT2D eigenvalue weighted by atomic mass is 10.2.